The zero-order valence-electron chi connectivity index (χ0n) is 21.2. The van der Waals surface area contributed by atoms with Gasteiger partial charge in [0.05, 0.1) is 34.3 Å². The van der Waals surface area contributed by atoms with Crippen molar-refractivity contribution in [3.63, 3.8) is 0 Å². The molecule has 3 aliphatic carbocycles. The molecular formula is C34H22N2O4. The summed E-state index contributed by atoms with van der Waals surface area (Å²) in [6.07, 6.45) is 0. The van der Waals surface area contributed by atoms with E-state index in [1.165, 1.54) is 4.90 Å². The number of carboxylic acids is 1. The molecule has 9 rings (SSSR count). The van der Waals surface area contributed by atoms with Gasteiger partial charge in [-0.3, -0.25) is 9.59 Å². The lowest BCUT2D eigenvalue weighted by molar-refractivity contribution is -0.122. The number of imide groups is 1. The van der Waals surface area contributed by atoms with Gasteiger partial charge in [-0.2, -0.15) is 0 Å². The molecule has 4 aliphatic rings. The highest BCUT2D eigenvalue weighted by Gasteiger charge is 2.61. The number of fused-ring (bicyclic) bond motifs is 1. The zero-order chi connectivity index (χ0) is 27.1. The summed E-state index contributed by atoms with van der Waals surface area (Å²) in [6, 6.07) is 32.1. The smallest absolute Gasteiger partial charge is 0.336 e. The molecule has 2 unspecified atom stereocenters. The van der Waals surface area contributed by atoms with Crippen LogP contribution in [-0.4, -0.2) is 27.9 Å². The fourth-order valence-corrected chi connectivity index (χ4v) is 7.24. The lowest BCUT2D eigenvalue weighted by atomic mass is 9.55. The molecule has 2 atom stereocenters. The van der Waals surface area contributed by atoms with Gasteiger partial charge in [-0.15, -0.1) is 0 Å². The van der Waals surface area contributed by atoms with E-state index in [2.05, 4.69) is 24.3 Å². The van der Waals surface area contributed by atoms with E-state index in [1.54, 1.807) is 42.5 Å². The number of para-hydroxylation sites is 1. The second kappa shape index (κ2) is 8.20. The molecule has 2 amide bonds. The molecule has 1 aromatic heterocycles. The Kier molecular flexibility index (Phi) is 4.68. The number of carbonyl (C=O) groups is 3. The van der Waals surface area contributed by atoms with E-state index in [1.807, 2.05) is 36.4 Å². The van der Waals surface area contributed by atoms with E-state index < -0.39 is 17.8 Å². The van der Waals surface area contributed by atoms with Crippen molar-refractivity contribution in [1.29, 1.82) is 0 Å². The third-order valence-electron chi connectivity index (χ3n) is 8.80. The van der Waals surface area contributed by atoms with Crippen LogP contribution in [0.5, 0.6) is 0 Å². The molecule has 6 heteroatoms. The number of carbonyl (C=O) groups excluding carboxylic acids is 2. The maximum Gasteiger partial charge on any atom is 0.336 e. The van der Waals surface area contributed by atoms with Crippen LogP contribution in [0.15, 0.2) is 103 Å². The van der Waals surface area contributed by atoms with Crippen LogP contribution >= 0.6 is 0 Å². The van der Waals surface area contributed by atoms with Crippen molar-refractivity contribution in [3.05, 3.63) is 131 Å². The SMILES string of the molecule is O=C(O)c1cc(-c2cccc(N3C(=O)C4C5c6ccccc6C(c6ccccc65)C4C3=O)c2)nc2ccccc12. The van der Waals surface area contributed by atoms with Crippen LogP contribution in [0.2, 0.25) is 0 Å². The van der Waals surface area contributed by atoms with Crippen LogP contribution in [0.1, 0.15) is 44.4 Å². The van der Waals surface area contributed by atoms with Gasteiger partial charge in [0.25, 0.3) is 0 Å². The van der Waals surface area contributed by atoms with E-state index in [-0.39, 0.29) is 29.2 Å². The molecule has 1 aliphatic heterocycles. The minimum atomic E-state index is -1.04. The molecule has 0 radical (unpaired) electrons. The van der Waals surface area contributed by atoms with E-state index in [0.717, 1.165) is 22.3 Å². The van der Waals surface area contributed by atoms with Crippen molar-refractivity contribution in [2.75, 3.05) is 4.90 Å². The number of anilines is 1. The average Bonchev–Trinajstić information content (AvgIpc) is 3.26. The van der Waals surface area contributed by atoms with Crippen LogP contribution in [0.4, 0.5) is 5.69 Å². The maximum atomic E-state index is 14.1. The Labute approximate surface area is 229 Å². The minimum absolute atomic E-state index is 0.150. The standard InChI is InChI=1S/C34H22N2O4/c37-32-30-28-21-11-1-2-12-22(21)29(24-14-4-3-13-23(24)28)31(30)33(38)36(32)19-9-7-8-18(16-19)27-17-25(34(39)40)20-10-5-6-15-26(20)35-27/h1-17,28-31H,(H,39,40). The van der Waals surface area contributed by atoms with E-state index in [4.69, 9.17) is 4.98 Å². The number of carboxylic acid groups (broad SMARTS) is 1. The molecule has 1 N–H and O–H groups in total. The molecule has 40 heavy (non-hydrogen) atoms. The van der Waals surface area contributed by atoms with Crippen molar-refractivity contribution in [2.45, 2.75) is 11.8 Å². The summed E-state index contributed by atoms with van der Waals surface area (Å²) in [5.41, 5.74) is 6.81. The topological polar surface area (TPSA) is 87.6 Å². The lowest BCUT2D eigenvalue weighted by Crippen LogP contribution is -2.41. The zero-order valence-corrected chi connectivity index (χ0v) is 21.2. The van der Waals surface area contributed by atoms with Gasteiger partial charge in [-0.25, -0.2) is 14.7 Å². The van der Waals surface area contributed by atoms with E-state index in [0.29, 0.717) is 27.8 Å². The summed E-state index contributed by atoms with van der Waals surface area (Å²) in [6.45, 7) is 0. The van der Waals surface area contributed by atoms with Gasteiger partial charge < -0.3 is 5.11 Å². The Morgan fingerprint density at radius 3 is 1.80 bits per heavy atom. The van der Waals surface area contributed by atoms with Crippen LogP contribution in [0.3, 0.4) is 0 Å². The minimum Gasteiger partial charge on any atom is -0.478 e. The van der Waals surface area contributed by atoms with Gasteiger partial charge in [-0.1, -0.05) is 78.9 Å². The molecule has 1 fully saturated rings. The van der Waals surface area contributed by atoms with E-state index >= 15 is 0 Å². The first-order valence-corrected chi connectivity index (χ1v) is 13.3. The fraction of sp³-hybridized carbons (Fsp3) is 0.118. The Bertz CT molecular complexity index is 1810. The highest BCUT2D eigenvalue weighted by molar-refractivity contribution is 6.23. The number of amides is 2. The molecule has 0 spiro atoms. The van der Waals surface area contributed by atoms with Gasteiger partial charge in [0.15, 0.2) is 0 Å². The predicted molar refractivity (Wildman–Crippen MR) is 150 cm³/mol. The first-order chi connectivity index (χ1) is 19.5. The Morgan fingerprint density at radius 2 is 1.23 bits per heavy atom. The quantitative estimate of drug-likeness (QED) is 0.294. The first kappa shape index (κ1) is 22.8. The van der Waals surface area contributed by atoms with E-state index in [9.17, 15) is 19.5 Å². The molecule has 2 bridgehead atoms. The van der Waals surface area contributed by atoms with Gasteiger partial charge in [0.1, 0.15) is 0 Å². The van der Waals surface area contributed by atoms with Crippen LogP contribution in [0, 0.1) is 11.8 Å². The van der Waals surface area contributed by atoms with Crippen LogP contribution in [0.25, 0.3) is 22.2 Å². The second-order valence-electron chi connectivity index (χ2n) is 10.7. The van der Waals surface area contributed by atoms with Crippen molar-refractivity contribution in [2.24, 2.45) is 11.8 Å². The second-order valence-corrected chi connectivity index (χ2v) is 10.7. The fourth-order valence-electron chi connectivity index (χ4n) is 7.24. The van der Waals surface area contributed by atoms with Crippen LogP contribution < -0.4 is 4.90 Å². The van der Waals surface area contributed by atoms with Crippen molar-refractivity contribution in [1.82, 2.24) is 4.98 Å². The maximum absolute atomic E-state index is 14.1. The number of pyridine rings is 1. The number of rotatable bonds is 3. The highest BCUT2D eigenvalue weighted by atomic mass is 16.4. The number of nitrogens with zero attached hydrogens (tertiary/aromatic N) is 2. The van der Waals surface area contributed by atoms with Crippen molar-refractivity contribution >= 4 is 34.4 Å². The summed E-state index contributed by atoms with van der Waals surface area (Å²) in [5.74, 6) is -2.71. The van der Waals surface area contributed by atoms with Gasteiger partial charge in [0, 0.05) is 22.8 Å². The summed E-state index contributed by atoms with van der Waals surface area (Å²) < 4.78 is 0. The average molecular weight is 523 g/mol. The Hall–Kier alpha value is -5.10. The number of aromatic nitrogens is 1. The third kappa shape index (κ3) is 2.99. The number of aromatic carboxylic acids is 1. The summed E-state index contributed by atoms with van der Waals surface area (Å²) >= 11 is 0. The molecular weight excluding hydrogens is 500 g/mol. The molecule has 2 heterocycles. The highest BCUT2D eigenvalue weighted by Crippen LogP contribution is 2.61. The first-order valence-electron chi connectivity index (χ1n) is 13.3. The molecule has 6 nitrogen and oxygen atoms in total. The number of hydrogen-bond donors (Lipinski definition) is 1. The van der Waals surface area contributed by atoms with Crippen molar-refractivity contribution < 1.29 is 19.5 Å². The summed E-state index contributed by atoms with van der Waals surface area (Å²) in [7, 11) is 0. The van der Waals surface area contributed by atoms with Gasteiger partial charge >= 0.3 is 5.97 Å². The Morgan fingerprint density at radius 1 is 0.675 bits per heavy atom. The van der Waals surface area contributed by atoms with Gasteiger partial charge in [-0.05, 0) is 46.5 Å². The molecule has 4 aromatic carbocycles. The molecule has 5 aromatic rings. The normalized spacial score (nSPS) is 22.2. The molecule has 192 valence electrons. The molecule has 0 saturated carbocycles. The summed E-state index contributed by atoms with van der Waals surface area (Å²) in [5, 5.41) is 10.4. The third-order valence-corrected chi connectivity index (χ3v) is 8.80. The molecule has 1 saturated heterocycles. The largest absolute Gasteiger partial charge is 0.478 e. The van der Waals surface area contributed by atoms with Gasteiger partial charge in [0.2, 0.25) is 11.8 Å². The predicted octanol–water partition coefficient (Wildman–Crippen LogP) is 6.00. The summed E-state index contributed by atoms with van der Waals surface area (Å²) in [4.78, 5) is 46.4. The van der Waals surface area contributed by atoms with Crippen molar-refractivity contribution in [3.8, 4) is 11.3 Å². The number of hydrogen-bond acceptors (Lipinski definition) is 4. The number of benzene rings is 4. The Balaban J connectivity index is 1.24. The van der Waals surface area contributed by atoms with Crippen LogP contribution in [-0.2, 0) is 9.59 Å². The lowest BCUT2D eigenvalue weighted by Gasteiger charge is -2.45. The monoisotopic (exact) mass is 522 g/mol.